The highest BCUT2D eigenvalue weighted by Crippen LogP contribution is 2.29. The molecule has 3 atom stereocenters. The molecule has 4 nitrogen and oxygen atoms in total. The van der Waals surface area contributed by atoms with E-state index in [-0.39, 0.29) is 12.1 Å². The molecule has 1 aliphatic rings. The van der Waals surface area contributed by atoms with E-state index in [4.69, 9.17) is 4.74 Å². The lowest BCUT2D eigenvalue weighted by molar-refractivity contribution is 0.0316. The van der Waals surface area contributed by atoms with Crippen molar-refractivity contribution in [1.29, 1.82) is 0 Å². The maximum absolute atomic E-state index is 5.89. The van der Waals surface area contributed by atoms with Gasteiger partial charge in [0.05, 0.1) is 23.9 Å². The predicted molar refractivity (Wildman–Crippen MR) is 58.6 cm³/mol. The van der Waals surface area contributed by atoms with Crippen LogP contribution >= 0.6 is 0 Å². The van der Waals surface area contributed by atoms with Gasteiger partial charge in [0.1, 0.15) is 0 Å². The van der Waals surface area contributed by atoms with Gasteiger partial charge in [-0.15, -0.1) is 0 Å². The maximum atomic E-state index is 5.89. The molecule has 84 valence electrons. The van der Waals surface area contributed by atoms with Crippen molar-refractivity contribution >= 4 is 0 Å². The van der Waals surface area contributed by atoms with Crippen LogP contribution in [0.4, 0.5) is 0 Å². The molecular formula is C11H19N3O. The van der Waals surface area contributed by atoms with Crippen LogP contribution in [0.15, 0.2) is 12.3 Å². The predicted octanol–water partition coefficient (Wildman–Crippen LogP) is 1.25. The molecule has 1 N–H and O–H groups in total. The van der Waals surface area contributed by atoms with Gasteiger partial charge in [0, 0.05) is 13.2 Å². The monoisotopic (exact) mass is 209 g/mol. The van der Waals surface area contributed by atoms with Crippen LogP contribution in [0.2, 0.25) is 0 Å². The Kier molecular flexibility index (Phi) is 3.07. The van der Waals surface area contributed by atoms with Crippen molar-refractivity contribution in [1.82, 2.24) is 15.1 Å². The molecule has 1 aliphatic heterocycles. The lowest BCUT2D eigenvalue weighted by Gasteiger charge is -2.23. The molecule has 4 heteroatoms. The number of nitrogens with zero attached hydrogens (tertiary/aromatic N) is 2. The second kappa shape index (κ2) is 4.33. The molecule has 0 spiro atoms. The minimum absolute atomic E-state index is 0.252. The van der Waals surface area contributed by atoms with Crippen molar-refractivity contribution in [2.24, 2.45) is 7.05 Å². The maximum Gasteiger partial charge on any atom is 0.0789 e. The first kappa shape index (κ1) is 10.6. The largest absolute Gasteiger partial charge is 0.373 e. The molecule has 0 aliphatic carbocycles. The Hall–Kier alpha value is -0.870. The summed E-state index contributed by atoms with van der Waals surface area (Å²) in [4.78, 5) is 0. The molecule has 1 saturated heterocycles. The van der Waals surface area contributed by atoms with Gasteiger partial charge in [-0.05, 0) is 32.9 Å². The van der Waals surface area contributed by atoms with E-state index >= 15 is 0 Å². The van der Waals surface area contributed by atoms with Gasteiger partial charge in [-0.3, -0.25) is 4.68 Å². The van der Waals surface area contributed by atoms with E-state index in [1.807, 2.05) is 31.0 Å². The van der Waals surface area contributed by atoms with Crippen LogP contribution in [0.25, 0.3) is 0 Å². The standard InChI is InChI=1S/C11H19N3O/c1-8-4-5-10(15-8)11(12-2)9-6-7-13-14(9)3/h6-8,10-12H,4-5H2,1-3H3. The number of hydrogen-bond acceptors (Lipinski definition) is 3. The molecule has 0 bridgehead atoms. The van der Waals surface area contributed by atoms with E-state index in [2.05, 4.69) is 17.3 Å². The van der Waals surface area contributed by atoms with E-state index in [9.17, 15) is 0 Å². The van der Waals surface area contributed by atoms with Crippen molar-refractivity contribution in [3.8, 4) is 0 Å². The Morgan fingerprint density at radius 2 is 2.40 bits per heavy atom. The van der Waals surface area contributed by atoms with E-state index < -0.39 is 0 Å². The Bertz CT molecular complexity index is 323. The molecule has 3 unspecified atom stereocenters. The highest BCUT2D eigenvalue weighted by Gasteiger charge is 2.30. The second-order valence-corrected chi connectivity index (χ2v) is 4.21. The molecule has 15 heavy (non-hydrogen) atoms. The number of rotatable bonds is 3. The average molecular weight is 209 g/mol. The summed E-state index contributed by atoms with van der Waals surface area (Å²) < 4.78 is 7.80. The van der Waals surface area contributed by atoms with Gasteiger partial charge in [-0.1, -0.05) is 0 Å². The molecule has 2 rings (SSSR count). The summed E-state index contributed by atoms with van der Waals surface area (Å²) in [6.07, 6.45) is 4.77. The topological polar surface area (TPSA) is 39.1 Å². The molecule has 0 saturated carbocycles. The zero-order chi connectivity index (χ0) is 10.8. The van der Waals surface area contributed by atoms with Crippen molar-refractivity contribution in [3.05, 3.63) is 18.0 Å². The summed E-state index contributed by atoms with van der Waals surface area (Å²) >= 11 is 0. The SMILES string of the molecule is CNC(c1ccnn1C)C1CCC(C)O1. The fraction of sp³-hybridized carbons (Fsp3) is 0.727. The minimum atomic E-state index is 0.252. The van der Waals surface area contributed by atoms with Crippen molar-refractivity contribution < 1.29 is 4.74 Å². The third-order valence-corrected chi connectivity index (χ3v) is 3.13. The molecule has 1 aromatic heterocycles. The van der Waals surface area contributed by atoms with Gasteiger partial charge in [0.25, 0.3) is 0 Å². The summed E-state index contributed by atoms with van der Waals surface area (Å²) in [5.41, 5.74) is 1.19. The molecule has 1 aromatic rings. The zero-order valence-corrected chi connectivity index (χ0v) is 9.60. The summed E-state index contributed by atoms with van der Waals surface area (Å²) in [5.74, 6) is 0. The van der Waals surface area contributed by atoms with Crippen LogP contribution in [-0.2, 0) is 11.8 Å². The van der Waals surface area contributed by atoms with Gasteiger partial charge in [0.2, 0.25) is 0 Å². The average Bonchev–Trinajstić information content (AvgIpc) is 2.79. The Labute approximate surface area is 90.6 Å². The smallest absolute Gasteiger partial charge is 0.0789 e. The van der Waals surface area contributed by atoms with Crippen molar-refractivity contribution in [2.75, 3.05) is 7.05 Å². The van der Waals surface area contributed by atoms with E-state index in [1.54, 1.807) is 0 Å². The number of ether oxygens (including phenoxy) is 1. The third kappa shape index (κ3) is 2.06. The molecule has 1 fully saturated rings. The number of nitrogens with one attached hydrogen (secondary N) is 1. The second-order valence-electron chi connectivity index (χ2n) is 4.21. The first-order chi connectivity index (χ1) is 7.22. The number of likely N-dealkylation sites (N-methyl/N-ethyl adjacent to an activating group) is 1. The lowest BCUT2D eigenvalue weighted by Crippen LogP contribution is -2.31. The summed E-state index contributed by atoms with van der Waals surface area (Å²) in [6, 6.07) is 2.30. The normalized spacial score (nSPS) is 28.2. The number of aromatic nitrogens is 2. The lowest BCUT2D eigenvalue weighted by atomic mass is 10.0. The molecular weight excluding hydrogens is 190 g/mol. The molecule has 0 amide bonds. The number of hydrogen-bond donors (Lipinski definition) is 1. The van der Waals surface area contributed by atoms with Gasteiger partial charge >= 0.3 is 0 Å². The summed E-state index contributed by atoms with van der Waals surface area (Å²) in [5, 5.41) is 7.52. The quantitative estimate of drug-likeness (QED) is 0.814. The van der Waals surface area contributed by atoms with Crippen molar-refractivity contribution in [3.63, 3.8) is 0 Å². The highest BCUT2D eigenvalue weighted by molar-refractivity contribution is 5.09. The first-order valence-corrected chi connectivity index (χ1v) is 5.53. The Morgan fingerprint density at radius 1 is 1.60 bits per heavy atom. The third-order valence-electron chi connectivity index (χ3n) is 3.13. The first-order valence-electron chi connectivity index (χ1n) is 5.53. The minimum Gasteiger partial charge on any atom is -0.373 e. The van der Waals surface area contributed by atoms with Crippen LogP contribution in [0.3, 0.4) is 0 Å². The van der Waals surface area contributed by atoms with Crippen molar-refractivity contribution in [2.45, 2.75) is 38.0 Å². The molecule has 0 radical (unpaired) electrons. The van der Waals surface area contributed by atoms with Crippen LogP contribution < -0.4 is 5.32 Å². The summed E-state index contributed by atoms with van der Waals surface area (Å²) in [7, 11) is 3.95. The Morgan fingerprint density at radius 3 is 2.87 bits per heavy atom. The van der Waals surface area contributed by atoms with Gasteiger partial charge in [-0.2, -0.15) is 5.10 Å². The zero-order valence-electron chi connectivity index (χ0n) is 9.60. The fourth-order valence-electron chi connectivity index (χ4n) is 2.29. The van der Waals surface area contributed by atoms with Gasteiger partial charge in [-0.25, -0.2) is 0 Å². The van der Waals surface area contributed by atoms with E-state index in [1.165, 1.54) is 5.69 Å². The van der Waals surface area contributed by atoms with Crippen LogP contribution in [0, 0.1) is 0 Å². The van der Waals surface area contributed by atoms with Crippen LogP contribution in [0.1, 0.15) is 31.5 Å². The van der Waals surface area contributed by atoms with E-state index in [0.29, 0.717) is 6.10 Å². The Balaban J connectivity index is 2.14. The van der Waals surface area contributed by atoms with Gasteiger partial charge in [0.15, 0.2) is 0 Å². The van der Waals surface area contributed by atoms with E-state index in [0.717, 1.165) is 12.8 Å². The number of aryl methyl sites for hydroxylation is 1. The molecule has 0 aromatic carbocycles. The highest BCUT2D eigenvalue weighted by atomic mass is 16.5. The fourth-order valence-corrected chi connectivity index (χ4v) is 2.29. The van der Waals surface area contributed by atoms with Crippen LogP contribution in [-0.4, -0.2) is 29.0 Å². The molecule has 2 heterocycles. The van der Waals surface area contributed by atoms with Crippen LogP contribution in [0.5, 0.6) is 0 Å². The summed E-state index contributed by atoms with van der Waals surface area (Å²) in [6.45, 7) is 2.13. The van der Waals surface area contributed by atoms with Gasteiger partial charge < -0.3 is 10.1 Å².